The molecule has 0 radical (unpaired) electrons. The number of likely N-dealkylation sites (N-methyl/N-ethyl adjacent to an activating group) is 1. The molecule has 2 unspecified atom stereocenters. The first-order chi connectivity index (χ1) is 11.8. The summed E-state index contributed by atoms with van der Waals surface area (Å²) in [5.74, 6) is 0.521. The van der Waals surface area contributed by atoms with Gasteiger partial charge in [-0.1, -0.05) is 61.6 Å². The molecule has 1 nitrogen and oxygen atoms in total. The van der Waals surface area contributed by atoms with Crippen LogP contribution in [-0.2, 0) is 0 Å². The van der Waals surface area contributed by atoms with Crippen LogP contribution in [0.2, 0.25) is 0 Å². The molecular weight excluding hydrogens is 310 g/mol. The van der Waals surface area contributed by atoms with Gasteiger partial charge in [-0.3, -0.25) is 0 Å². The quantitative estimate of drug-likeness (QED) is 0.668. The van der Waals surface area contributed by atoms with Gasteiger partial charge in [0.15, 0.2) is 0 Å². The number of fused-ring (bicyclic) bond motifs is 3. The van der Waals surface area contributed by atoms with Crippen molar-refractivity contribution < 1.29 is 0 Å². The predicted octanol–water partition coefficient (Wildman–Crippen LogP) is 5.99. The molecule has 122 valence electrons. The third-order valence-electron chi connectivity index (χ3n) is 5.02. The Morgan fingerprint density at radius 2 is 1.96 bits per heavy atom. The summed E-state index contributed by atoms with van der Waals surface area (Å²) >= 11 is 2.01. The lowest BCUT2D eigenvalue weighted by Crippen LogP contribution is -2.17. The smallest absolute Gasteiger partial charge is 0.0549 e. The fourth-order valence-corrected chi connectivity index (χ4v) is 5.22. The Labute approximate surface area is 149 Å². The maximum atomic E-state index is 2.38. The van der Waals surface area contributed by atoms with Gasteiger partial charge in [-0.25, -0.2) is 0 Å². The number of nitrogens with zero attached hydrogens (tertiary/aromatic N) is 1. The zero-order valence-electron chi connectivity index (χ0n) is 14.3. The Hall–Kier alpha value is -1.93. The van der Waals surface area contributed by atoms with Gasteiger partial charge in [0.05, 0.1) is 5.69 Å². The molecule has 1 aliphatic heterocycles. The average Bonchev–Trinajstić information content (AvgIpc) is 2.83. The van der Waals surface area contributed by atoms with E-state index in [9.17, 15) is 0 Å². The van der Waals surface area contributed by atoms with Crippen LogP contribution in [0.1, 0.15) is 31.2 Å². The van der Waals surface area contributed by atoms with Crippen LogP contribution in [0.15, 0.2) is 83.0 Å². The lowest BCUT2D eigenvalue weighted by Gasteiger charge is -2.25. The molecule has 3 aliphatic rings. The largest absolute Gasteiger partial charge is 0.343 e. The van der Waals surface area contributed by atoms with E-state index in [1.165, 1.54) is 27.4 Å². The number of hydrogen-bond acceptors (Lipinski definition) is 2. The fraction of sp³-hybridized carbons (Fsp3) is 0.273. The summed E-state index contributed by atoms with van der Waals surface area (Å²) in [6, 6.07) is 6.77. The van der Waals surface area contributed by atoms with Crippen molar-refractivity contribution in [2.45, 2.75) is 35.8 Å². The van der Waals surface area contributed by atoms with E-state index in [-0.39, 0.29) is 0 Å². The van der Waals surface area contributed by atoms with Crippen LogP contribution in [0.3, 0.4) is 0 Å². The third kappa shape index (κ3) is 2.59. The van der Waals surface area contributed by atoms with Gasteiger partial charge in [-0.05, 0) is 36.1 Å². The van der Waals surface area contributed by atoms with Crippen molar-refractivity contribution in [2.24, 2.45) is 0 Å². The molecule has 0 amide bonds. The molecule has 0 saturated carbocycles. The second kappa shape index (κ2) is 6.52. The van der Waals surface area contributed by atoms with E-state index < -0.39 is 0 Å². The van der Waals surface area contributed by atoms with Crippen molar-refractivity contribution in [1.29, 1.82) is 0 Å². The van der Waals surface area contributed by atoms with Crippen molar-refractivity contribution in [3.05, 3.63) is 83.6 Å². The van der Waals surface area contributed by atoms with Crippen LogP contribution >= 0.6 is 11.8 Å². The minimum atomic E-state index is 0.521. The first kappa shape index (κ1) is 15.6. The Balaban J connectivity index is 1.77. The molecule has 0 N–H and O–H groups in total. The standard InChI is InChI=1S/C22H23NS/c1-3-16-10-5-4-6-13-19(16)23(2)20-14-9-12-18-17-11-7-8-15-21(17)24-22(18)20/h5-15,17,21H,3-4H2,1-2H3. The maximum absolute atomic E-state index is 2.38. The highest BCUT2D eigenvalue weighted by atomic mass is 32.2. The molecule has 0 aromatic heterocycles. The van der Waals surface area contributed by atoms with E-state index in [1.807, 2.05) is 11.8 Å². The third-order valence-corrected chi connectivity index (χ3v) is 6.42. The Morgan fingerprint density at radius 1 is 1.12 bits per heavy atom. The van der Waals surface area contributed by atoms with Crippen LogP contribution in [-0.4, -0.2) is 12.3 Å². The van der Waals surface area contributed by atoms with Gasteiger partial charge in [0.2, 0.25) is 0 Å². The Morgan fingerprint density at radius 3 is 2.83 bits per heavy atom. The topological polar surface area (TPSA) is 3.24 Å². The summed E-state index contributed by atoms with van der Waals surface area (Å²) in [6.07, 6.45) is 20.2. The lowest BCUT2D eigenvalue weighted by molar-refractivity contribution is 0.878. The SMILES string of the molecule is CCC1=C(N(C)c2cccc3c2SC2C=CC=CC32)C=CCC=C1. The van der Waals surface area contributed by atoms with E-state index in [2.05, 4.69) is 85.7 Å². The van der Waals surface area contributed by atoms with Crippen LogP contribution < -0.4 is 4.90 Å². The number of allylic oxidation sites excluding steroid dienone is 8. The van der Waals surface area contributed by atoms with Crippen molar-refractivity contribution in [1.82, 2.24) is 0 Å². The first-order valence-electron chi connectivity index (χ1n) is 8.74. The van der Waals surface area contributed by atoms with E-state index in [4.69, 9.17) is 0 Å². The number of thioether (sulfide) groups is 1. The summed E-state index contributed by atoms with van der Waals surface area (Å²) in [6.45, 7) is 2.24. The van der Waals surface area contributed by atoms with Crippen molar-refractivity contribution >= 4 is 17.4 Å². The number of rotatable bonds is 3. The molecule has 1 aromatic rings. The number of benzene rings is 1. The molecule has 2 atom stereocenters. The van der Waals surface area contributed by atoms with E-state index >= 15 is 0 Å². The fourth-order valence-electron chi connectivity index (χ4n) is 3.73. The van der Waals surface area contributed by atoms with Gasteiger partial charge in [0.1, 0.15) is 0 Å². The highest BCUT2D eigenvalue weighted by Crippen LogP contribution is 2.52. The summed E-state index contributed by atoms with van der Waals surface area (Å²) < 4.78 is 0. The summed E-state index contributed by atoms with van der Waals surface area (Å²) in [5.41, 5.74) is 5.53. The van der Waals surface area contributed by atoms with Gasteiger partial charge in [-0.2, -0.15) is 0 Å². The molecule has 0 saturated heterocycles. The van der Waals surface area contributed by atoms with Crippen molar-refractivity contribution in [2.75, 3.05) is 11.9 Å². The first-order valence-corrected chi connectivity index (χ1v) is 9.62. The van der Waals surface area contributed by atoms with Gasteiger partial charge >= 0.3 is 0 Å². The summed E-state index contributed by atoms with van der Waals surface area (Å²) in [4.78, 5) is 3.82. The summed E-state index contributed by atoms with van der Waals surface area (Å²) in [5, 5.41) is 0.545. The maximum Gasteiger partial charge on any atom is 0.0549 e. The van der Waals surface area contributed by atoms with Crippen molar-refractivity contribution in [3.63, 3.8) is 0 Å². The lowest BCUT2D eigenvalue weighted by atomic mass is 9.92. The molecule has 2 heteroatoms. The van der Waals surface area contributed by atoms with E-state index in [1.54, 1.807) is 0 Å². The second-order valence-electron chi connectivity index (χ2n) is 6.44. The number of anilines is 1. The molecule has 0 bridgehead atoms. The number of hydrogen-bond donors (Lipinski definition) is 0. The zero-order chi connectivity index (χ0) is 16.5. The Bertz CT molecular complexity index is 794. The van der Waals surface area contributed by atoms with Gasteiger partial charge in [0.25, 0.3) is 0 Å². The van der Waals surface area contributed by atoms with Crippen LogP contribution in [0.25, 0.3) is 0 Å². The molecule has 1 aromatic carbocycles. The minimum absolute atomic E-state index is 0.521. The van der Waals surface area contributed by atoms with Crippen molar-refractivity contribution in [3.8, 4) is 0 Å². The van der Waals surface area contributed by atoms with Crippen LogP contribution in [0.4, 0.5) is 5.69 Å². The molecule has 0 fully saturated rings. The van der Waals surface area contributed by atoms with Gasteiger partial charge < -0.3 is 4.90 Å². The Kier molecular flexibility index (Phi) is 4.24. The predicted molar refractivity (Wildman–Crippen MR) is 106 cm³/mol. The molecule has 2 aliphatic carbocycles. The highest BCUT2D eigenvalue weighted by Gasteiger charge is 2.33. The second-order valence-corrected chi connectivity index (χ2v) is 7.63. The molecule has 24 heavy (non-hydrogen) atoms. The van der Waals surface area contributed by atoms with Gasteiger partial charge in [0, 0.05) is 28.8 Å². The molecule has 0 spiro atoms. The molecule has 1 heterocycles. The van der Waals surface area contributed by atoms with E-state index in [0.29, 0.717) is 11.2 Å². The molecule has 4 rings (SSSR count). The van der Waals surface area contributed by atoms with Gasteiger partial charge in [-0.15, -0.1) is 11.8 Å². The zero-order valence-corrected chi connectivity index (χ0v) is 15.1. The monoisotopic (exact) mass is 333 g/mol. The van der Waals surface area contributed by atoms with Crippen LogP contribution in [0.5, 0.6) is 0 Å². The average molecular weight is 334 g/mol. The van der Waals surface area contributed by atoms with Crippen LogP contribution in [0, 0.1) is 0 Å². The summed E-state index contributed by atoms with van der Waals surface area (Å²) in [7, 11) is 2.21. The molecular formula is C22H23NS. The highest BCUT2D eigenvalue weighted by molar-refractivity contribution is 8.00. The van der Waals surface area contributed by atoms with E-state index in [0.717, 1.165) is 12.8 Å². The minimum Gasteiger partial charge on any atom is -0.343 e. The normalized spacial score (nSPS) is 24.1.